The normalized spacial score (nSPS) is 13.2. The van der Waals surface area contributed by atoms with Gasteiger partial charge in [-0.2, -0.15) is 0 Å². The molecule has 0 fully saturated rings. The number of furan rings is 1. The van der Waals surface area contributed by atoms with E-state index in [4.69, 9.17) is 13.9 Å². The predicted octanol–water partition coefficient (Wildman–Crippen LogP) is 3.89. The van der Waals surface area contributed by atoms with Crippen molar-refractivity contribution in [3.8, 4) is 5.75 Å². The molecule has 2 aromatic rings. The second kappa shape index (κ2) is 9.89. The van der Waals surface area contributed by atoms with E-state index < -0.39 is 0 Å². The Morgan fingerprint density at radius 2 is 1.88 bits per heavy atom. The molecule has 0 aliphatic rings. The lowest BCUT2D eigenvalue weighted by Gasteiger charge is -2.19. The minimum Gasteiger partial charge on any atom is -0.494 e. The van der Waals surface area contributed by atoms with Crippen molar-refractivity contribution in [2.24, 2.45) is 5.92 Å². The van der Waals surface area contributed by atoms with E-state index in [1.54, 1.807) is 7.11 Å². The van der Waals surface area contributed by atoms with Gasteiger partial charge in [-0.1, -0.05) is 25.1 Å². The molecule has 1 heterocycles. The van der Waals surface area contributed by atoms with E-state index in [0.717, 1.165) is 17.3 Å². The van der Waals surface area contributed by atoms with Crippen LogP contribution in [0.4, 0.5) is 0 Å². The molecule has 1 amide bonds. The first-order valence-electron chi connectivity index (χ1n) is 8.63. The Bertz CT molecular complexity index is 638. The number of carbonyl (C=O) groups excluding carboxylic acids is 1. The van der Waals surface area contributed by atoms with Gasteiger partial charge in [-0.25, -0.2) is 0 Å². The fourth-order valence-corrected chi connectivity index (χ4v) is 2.48. The van der Waals surface area contributed by atoms with Crippen molar-refractivity contribution in [3.05, 3.63) is 54.0 Å². The van der Waals surface area contributed by atoms with E-state index in [1.165, 1.54) is 0 Å². The Kier molecular flexibility index (Phi) is 7.54. The van der Waals surface area contributed by atoms with Crippen LogP contribution < -0.4 is 10.1 Å². The van der Waals surface area contributed by atoms with Crippen LogP contribution in [0.3, 0.4) is 0 Å². The molecule has 0 saturated heterocycles. The van der Waals surface area contributed by atoms with Crippen LogP contribution in [0, 0.1) is 12.8 Å². The fourth-order valence-electron chi connectivity index (χ4n) is 2.48. The summed E-state index contributed by atoms with van der Waals surface area (Å²) in [5, 5.41) is 3.06. The maximum atomic E-state index is 12.5. The van der Waals surface area contributed by atoms with Crippen molar-refractivity contribution < 1.29 is 18.7 Å². The first kappa shape index (κ1) is 19.1. The second-order valence-electron chi connectivity index (χ2n) is 6.14. The van der Waals surface area contributed by atoms with E-state index in [-0.39, 0.29) is 17.9 Å². The third kappa shape index (κ3) is 6.27. The third-order valence-electron chi connectivity index (χ3n) is 4.04. The van der Waals surface area contributed by atoms with Crippen LogP contribution in [-0.2, 0) is 9.53 Å². The van der Waals surface area contributed by atoms with Crippen molar-refractivity contribution >= 4 is 5.91 Å². The summed E-state index contributed by atoms with van der Waals surface area (Å²) in [6.07, 6.45) is 1.32. The monoisotopic (exact) mass is 345 g/mol. The van der Waals surface area contributed by atoms with Crippen LogP contribution in [0.1, 0.15) is 37.3 Å². The number of aryl methyl sites for hydroxylation is 1. The maximum absolute atomic E-state index is 12.5. The predicted molar refractivity (Wildman–Crippen MR) is 96.5 cm³/mol. The summed E-state index contributed by atoms with van der Waals surface area (Å²) in [5.41, 5.74) is 0. The standard InChI is InChI=1S/C20H27NO4/c1-15(11-14-24-17-7-5-4-6-8-17)20(22)21-18(12-13-23-3)19-10-9-16(2)25-19/h4-10,15,18H,11-14H2,1-3H3,(H,21,22). The van der Waals surface area contributed by atoms with Gasteiger partial charge in [0, 0.05) is 19.6 Å². The summed E-state index contributed by atoms with van der Waals surface area (Å²) in [7, 11) is 1.65. The molecule has 5 heteroatoms. The molecular weight excluding hydrogens is 318 g/mol. The molecule has 0 saturated carbocycles. The lowest BCUT2D eigenvalue weighted by molar-refractivity contribution is -0.125. The maximum Gasteiger partial charge on any atom is 0.223 e. The van der Waals surface area contributed by atoms with Gasteiger partial charge in [0.25, 0.3) is 0 Å². The van der Waals surface area contributed by atoms with Gasteiger partial charge in [-0.15, -0.1) is 0 Å². The number of rotatable bonds is 10. The summed E-state index contributed by atoms with van der Waals surface area (Å²) in [6, 6.07) is 13.2. The Balaban J connectivity index is 1.84. The fraction of sp³-hybridized carbons (Fsp3) is 0.450. The van der Waals surface area contributed by atoms with E-state index in [0.29, 0.717) is 26.1 Å². The molecular formula is C20H27NO4. The Morgan fingerprint density at radius 3 is 2.52 bits per heavy atom. The van der Waals surface area contributed by atoms with Crippen LogP contribution in [0.5, 0.6) is 5.75 Å². The highest BCUT2D eigenvalue weighted by atomic mass is 16.5. The van der Waals surface area contributed by atoms with Crippen LogP contribution in [-0.4, -0.2) is 26.2 Å². The molecule has 25 heavy (non-hydrogen) atoms. The Hall–Kier alpha value is -2.27. The minimum absolute atomic E-state index is 0.00758. The number of hydrogen-bond acceptors (Lipinski definition) is 4. The molecule has 0 aliphatic carbocycles. The molecule has 0 bridgehead atoms. The largest absolute Gasteiger partial charge is 0.494 e. The number of amides is 1. The number of carbonyl (C=O) groups is 1. The topological polar surface area (TPSA) is 60.7 Å². The second-order valence-corrected chi connectivity index (χ2v) is 6.14. The summed E-state index contributed by atoms with van der Waals surface area (Å²) in [4.78, 5) is 12.5. The molecule has 1 aromatic heterocycles. The highest BCUT2D eigenvalue weighted by Crippen LogP contribution is 2.20. The van der Waals surface area contributed by atoms with Crippen LogP contribution in [0.25, 0.3) is 0 Å². The zero-order chi connectivity index (χ0) is 18.1. The third-order valence-corrected chi connectivity index (χ3v) is 4.04. The first-order chi connectivity index (χ1) is 12.1. The van der Waals surface area contributed by atoms with E-state index in [2.05, 4.69) is 5.32 Å². The Morgan fingerprint density at radius 1 is 1.12 bits per heavy atom. The minimum atomic E-state index is -0.182. The van der Waals surface area contributed by atoms with Crippen molar-refractivity contribution in [2.75, 3.05) is 20.3 Å². The lowest BCUT2D eigenvalue weighted by Crippen LogP contribution is -2.34. The first-order valence-corrected chi connectivity index (χ1v) is 8.63. The Labute approximate surface area is 149 Å². The van der Waals surface area contributed by atoms with Gasteiger partial charge < -0.3 is 19.2 Å². The van der Waals surface area contributed by atoms with Gasteiger partial charge in [0.1, 0.15) is 17.3 Å². The van der Waals surface area contributed by atoms with Crippen LogP contribution in [0.15, 0.2) is 46.9 Å². The lowest BCUT2D eigenvalue weighted by atomic mass is 10.1. The van der Waals surface area contributed by atoms with Gasteiger partial charge in [0.05, 0.1) is 12.6 Å². The van der Waals surface area contributed by atoms with Crippen LogP contribution >= 0.6 is 0 Å². The molecule has 5 nitrogen and oxygen atoms in total. The van der Waals surface area contributed by atoms with Crippen molar-refractivity contribution in [1.29, 1.82) is 0 Å². The molecule has 1 aromatic carbocycles. The number of ether oxygens (including phenoxy) is 2. The number of para-hydroxylation sites is 1. The van der Waals surface area contributed by atoms with E-state index in [1.807, 2.05) is 56.3 Å². The van der Waals surface area contributed by atoms with Crippen LogP contribution in [0.2, 0.25) is 0 Å². The van der Waals surface area contributed by atoms with Crippen molar-refractivity contribution in [2.45, 2.75) is 32.7 Å². The summed E-state index contributed by atoms with van der Waals surface area (Å²) in [6.45, 7) is 4.85. The van der Waals surface area contributed by atoms with Gasteiger partial charge in [-0.3, -0.25) is 4.79 Å². The molecule has 2 unspecified atom stereocenters. The van der Waals surface area contributed by atoms with Crippen molar-refractivity contribution in [1.82, 2.24) is 5.32 Å². The average Bonchev–Trinajstić information content (AvgIpc) is 3.05. The summed E-state index contributed by atoms with van der Waals surface area (Å²) >= 11 is 0. The summed E-state index contributed by atoms with van der Waals surface area (Å²) in [5.74, 6) is 2.25. The summed E-state index contributed by atoms with van der Waals surface area (Å²) < 4.78 is 16.5. The van der Waals surface area contributed by atoms with Gasteiger partial charge >= 0.3 is 0 Å². The zero-order valence-corrected chi connectivity index (χ0v) is 15.2. The molecule has 0 aliphatic heterocycles. The van der Waals surface area contributed by atoms with Crippen molar-refractivity contribution in [3.63, 3.8) is 0 Å². The number of hydrogen-bond donors (Lipinski definition) is 1. The quantitative estimate of drug-likeness (QED) is 0.710. The van der Waals surface area contributed by atoms with Gasteiger partial charge in [0.2, 0.25) is 5.91 Å². The smallest absolute Gasteiger partial charge is 0.223 e. The molecule has 136 valence electrons. The SMILES string of the molecule is COCCC(NC(=O)C(C)CCOc1ccccc1)c1ccc(C)o1. The molecule has 0 spiro atoms. The number of nitrogens with one attached hydrogen (secondary N) is 1. The van der Waals surface area contributed by atoms with E-state index >= 15 is 0 Å². The average molecular weight is 345 g/mol. The molecule has 2 rings (SSSR count). The molecule has 2 atom stereocenters. The molecule has 0 radical (unpaired) electrons. The zero-order valence-electron chi connectivity index (χ0n) is 15.2. The highest BCUT2D eigenvalue weighted by Gasteiger charge is 2.21. The highest BCUT2D eigenvalue weighted by molar-refractivity contribution is 5.78. The van der Waals surface area contributed by atoms with E-state index in [9.17, 15) is 4.79 Å². The van der Waals surface area contributed by atoms with Gasteiger partial charge in [-0.05, 0) is 44.0 Å². The number of methoxy groups -OCH3 is 1. The number of benzene rings is 1. The molecule has 1 N–H and O–H groups in total. The van der Waals surface area contributed by atoms with Gasteiger partial charge in [0.15, 0.2) is 0 Å².